The number of nitrogens with zero attached hydrogens (tertiary/aromatic N) is 4. The molecule has 0 saturated carbocycles. The van der Waals surface area contributed by atoms with E-state index in [1.54, 1.807) is 30.2 Å². The molecule has 1 saturated heterocycles. The number of carbonyl (C=O) groups is 2. The summed E-state index contributed by atoms with van der Waals surface area (Å²) in [4.78, 5) is 32.4. The molecule has 3 N–H and O–H groups in total. The topological polar surface area (TPSA) is 173 Å². The fourth-order valence-corrected chi connectivity index (χ4v) is 5.21. The minimum absolute atomic E-state index is 0.0946. The molecule has 4 rings (SSSR count). The Bertz CT molecular complexity index is 1150. The number of nitrogens with one attached hydrogen (secondary N) is 2. The second-order valence-electron chi connectivity index (χ2n) is 6.69. The molecule has 2 atom stereocenters. The van der Waals surface area contributed by atoms with Crippen molar-refractivity contribution >= 4 is 22.2 Å². The quantitative estimate of drug-likeness (QED) is 0.487. The second-order valence-corrected chi connectivity index (χ2v) is 8.84. The van der Waals surface area contributed by atoms with Crippen LogP contribution in [0.1, 0.15) is 28.0 Å². The average molecular weight is 436 g/mol. The van der Waals surface area contributed by atoms with Gasteiger partial charge in [0.05, 0.1) is 29.9 Å². The molecule has 30 heavy (non-hydrogen) atoms. The van der Waals surface area contributed by atoms with Gasteiger partial charge < -0.3 is 24.5 Å². The first-order valence-corrected chi connectivity index (χ1v) is 10.6. The van der Waals surface area contributed by atoms with Crippen molar-refractivity contribution in [1.29, 1.82) is 0 Å². The van der Waals surface area contributed by atoms with Crippen LogP contribution >= 0.6 is 0 Å². The maximum atomic E-state index is 12.4. The van der Waals surface area contributed by atoms with E-state index in [4.69, 9.17) is 14.4 Å². The van der Waals surface area contributed by atoms with Crippen LogP contribution < -0.4 is 5.32 Å². The van der Waals surface area contributed by atoms with Crippen molar-refractivity contribution < 1.29 is 27.6 Å². The Morgan fingerprint density at radius 3 is 2.70 bits per heavy atom. The predicted molar refractivity (Wildman–Crippen MR) is 103 cm³/mol. The average Bonchev–Trinajstić information content (AvgIpc) is 3.43. The molecule has 160 valence electrons. The van der Waals surface area contributed by atoms with E-state index in [-0.39, 0.29) is 23.7 Å². The van der Waals surface area contributed by atoms with Crippen molar-refractivity contribution in [3.05, 3.63) is 41.9 Å². The van der Waals surface area contributed by atoms with Gasteiger partial charge in [0.15, 0.2) is 21.4 Å². The predicted octanol–water partition coefficient (Wildman–Crippen LogP) is 0.347. The van der Waals surface area contributed by atoms with Crippen molar-refractivity contribution in [2.45, 2.75) is 25.9 Å². The smallest absolute Gasteiger partial charge is 0.290 e. The maximum absolute atomic E-state index is 12.4. The third kappa shape index (κ3) is 4.40. The lowest BCUT2D eigenvalue weighted by Crippen LogP contribution is -2.41. The summed E-state index contributed by atoms with van der Waals surface area (Å²) in [6, 6.07) is 0.385. The zero-order valence-corrected chi connectivity index (χ0v) is 17.0. The van der Waals surface area contributed by atoms with Crippen LogP contribution in [0.2, 0.25) is 0 Å². The maximum Gasteiger partial charge on any atom is 0.290 e. The van der Waals surface area contributed by atoms with Gasteiger partial charge in [0, 0.05) is 24.2 Å². The zero-order chi connectivity index (χ0) is 21.9. The molecule has 1 amide bonds. The first kappa shape index (κ1) is 21.2. The standard InChI is InChI=1S/C16H18N6O4S.CH2O2/c1-9-5-11(21-26-9)16(23)20-12-6-27(24,25)7-13(12)22-4-3-17-15(22)14-10(2)18-8-19-14;2-1-3/h3-5,8,12-13H,6-7H2,1-2H3,(H,18,19)(H,20,23);1H,(H,2,3)/t12-,13-;/m1./s1. The van der Waals surface area contributed by atoms with Crippen LogP contribution in [-0.2, 0) is 14.6 Å². The number of hydrogen-bond acceptors (Lipinski definition) is 8. The molecule has 0 radical (unpaired) electrons. The van der Waals surface area contributed by atoms with Gasteiger partial charge >= 0.3 is 0 Å². The van der Waals surface area contributed by atoms with E-state index >= 15 is 0 Å². The molecule has 4 heterocycles. The van der Waals surface area contributed by atoms with Crippen molar-refractivity contribution in [3.63, 3.8) is 0 Å². The number of aryl methyl sites for hydroxylation is 2. The number of sulfone groups is 1. The first-order valence-electron chi connectivity index (χ1n) is 8.81. The highest BCUT2D eigenvalue weighted by atomic mass is 32.2. The van der Waals surface area contributed by atoms with Gasteiger partial charge in [-0.15, -0.1) is 0 Å². The van der Waals surface area contributed by atoms with E-state index in [2.05, 4.69) is 25.4 Å². The molecular formula is C17H20N6O6S. The molecule has 1 fully saturated rings. The van der Waals surface area contributed by atoms with Crippen molar-refractivity contribution in [1.82, 2.24) is 30.0 Å². The van der Waals surface area contributed by atoms with Gasteiger partial charge in [0.2, 0.25) is 0 Å². The van der Waals surface area contributed by atoms with E-state index in [9.17, 15) is 13.2 Å². The lowest BCUT2D eigenvalue weighted by atomic mass is 10.1. The summed E-state index contributed by atoms with van der Waals surface area (Å²) < 4.78 is 31.3. The number of rotatable bonds is 4. The number of imidazole rings is 2. The van der Waals surface area contributed by atoms with Gasteiger partial charge in [-0.1, -0.05) is 5.16 Å². The number of hydrogen-bond donors (Lipinski definition) is 3. The van der Waals surface area contributed by atoms with Crippen LogP contribution in [0.5, 0.6) is 0 Å². The summed E-state index contributed by atoms with van der Waals surface area (Å²) in [5.41, 5.74) is 1.58. The molecule has 1 aliphatic heterocycles. The van der Waals surface area contributed by atoms with Crippen LogP contribution in [0.15, 0.2) is 29.3 Å². The van der Waals surface area contributed by atoms with E-state index in [0.29, 0.717) is 17.3 Å². The highest BCUT2D eigenvalue weighted by Crippen LogP contribution is 2.29. The molecule has 3 aromatic heterocycles. The molecule has 0 aromatic carbocycles. The monoisotopic (exact) mass is 436 g/mol. The molecule has 3 aromatic rings. The van der Waals surface area contributed by atoms with Gasteiger partial charge in [-0.3, -0.25) is 9.59 Å². The summed E-state index contributed by atoms with van der Waals surface area (Å²) in [5.74, 6) is 0.325. The van der Waals surface area contributed by atoms with Crippen molar-refractivity contribution in [2.75, 3.05) is 11.5 Å². The fourth-order valence-electron chi connectivity index (χ4n) is 3.31. The number of aromatic amines is 1. The van der Waals surface area contributed by atoms with Crippen LogP contribution in [0.4, 0.5) is 0 Å². The Kier molecular flexibility index (Phi) is 6.01. The van der Waals surface area contributed by atoms with Crippen molar-refractivity contribution in [2.24, 2.45) is 0 Å². The van der Waals surface area contributed by atoms with Gasteiger partial charge in [0.25, 0.3) is 12.4 Å². The van der Waals surface area contributed by atoms with Crippen molar-refractivity contribution in [3.8, 4) is 11.5 Å². The lowest BCUT2D eigenvalue weighted by Gasteiger charge is -2.22. The molecule has 0 aliphatic carbocycles. The Hall–Kier alpha value is -3.48. The Morgan fingerprint density at radius 1 is 1.37 bits per heavy atom. The summed E-state index contributed by atoms with van der Waals surface area (Å²) in [5, 5.41) is 13.3. The normalized spacial score (nSPS) is 19.7. The number of H-pyrrole nitrogens is 1. The molecule has 13 heteroatoms. The Labute approximate surface area is 171 Å². The largest absolute Gasteiger partial charge is 0.483 e. The number of carbonyl (C=O) groups excluding carboxylic acids is 1. The lowest BCUT2D eigenvalue weighted by molar-refractivity contribution is -0.122. The van der Waals surface area contributed by atoms with Gasteiger partial charge in [0.1, 0.15) is 11.5 Å². The third-order valence-corrected chi connectivity index (χ3v) is 6.28. The Morgan fingerprint density at radius 2 is 2.10 bits per heavy atom. The number of aromatic nitrogens is 5. The van der Waals surface area contributed by atoms with Crippen LogP contribution in [-0.4, -0.2) is 68.1 Å². The highest BCUT2D eigenvalue weighted by molar-refractivity contribution is 7.91. The second kappa shape index (κ2) is 8.49. The molecule has 0 bridgehead atoms. The minimum atomic E-state index is -3.32. The molecule has 12 nitrogen and oxygen atoms in total. The summed E-state index contributed by atoms with van der Waals surface area (Å²) in [7, 11) is -3.32. The van der Waals surface area contributed by atoms with Crippen LogP contribution in [0, 0.1) is 13.8 Å². The van der Waals surface area contributed by atoms with Crippen LogP contribution in [0.3, 0.4) is 0 Å². The van der Waals surface area contributed by atoms with Gasteiger partial charge in [-0.25, -0.2) is 18.4 Å². The molecule has 1 aliphatic rings. The van der Waals surface area contributed by atoms with Gasteiger partial charge in [-0.05, 0) is 13.8 Å². The number of amides is 1. The van der Waals surface area contributed by atoms with E-state index in [1.165, 1.54) is 6.07 Å². The summed E-state index contributed by atoms with van der Waals surface area (Å²) in [6.07, 6.45) is 4.85. The van der Waals surface area contributed by atoms with Gasteiger partial charge in [-0.2, -0.15) is 0 Å². The third-order valence-electron chi connectivity index (χ3n) is 4.57. The molecular weight excluding hydrogens is 416 g/mol. The molecule has 0 spiro atoms. The highest BCUT2D eigenvalue weighted by Gasteiger charge is 2.41. The number of carboxylic acid groups (broad SMARTS) is 1. The SMILES string of the molecule is Cc1cc(C(=O)N[C@@H]2CS(=O)(=O)C[C@H]2n2ccnc2-c2nc[nH]c2C)no1.O=CO. The van der Waals surface area contributed by atoms with E-state index in [1.807, 2.05) is 6.92 Å². The molecule has 0 unspecified atom stereocenters. The first-order chi connectivity index (χ1) is 14.3. The van der Waals surface area contributed by atoms with E-state index < -0.39 is 27.8 Å². The summed E-state index contributed by atoms with van der Waals surface area (Å²) in [6.45, 7) is 3.29. The minimum Gasteiger partial charge on any atom is -0.483 e. The fraction of sp³-hybridized carbons (Fsp3) is 0.353. The van der Waals surface area contributed by atoms with Crippen LogP contribution in [0.25, 0.3) is 11.5 Å². The van der Waals surface area contributed by atoms with E-state index in [0.717, 1.165) is 5.69 Å². The summed E-state index contributed by atoms with van der Waals surface area (Å²) >= 11 is 0. The zero-order valence-electron chi connectivity index (χ0n) is 16.1. The Balaban J connectivity index is 0.000000806.